The minimum atomic E-state index is -0.398. The average molecular weight is 212 g/mol. The number of nitrogens with two attached hydrogens (primary N) is 1. The van der Waals surface area contributed by atoms with Crippen molar-refractivity contribution >= 4 is 11.8 Å². The molecule has 0 radical (unpaired) electrons. The standard InChI is InChI=1S/C11H20N2O2/c1-9(8-10(12)14)11(15)13-6-4-2-3-5-7-13/h9H,2-8H2,1H3,(H2,12,14). The molecule has 1 atom stereocenters. The van der Waals surface area contributed by atoms with Crippen LogP contribution in [0.3, 0.4) is 0 Å². The molecule has 1 unspecified atom stereocenters. The molecule has 0 spiro atoms. The van der Waals surface area contributed by atoms with Gasteiger partial charge in [-0.2, -0.15) is 0 Å². The summed E-state index contributed by atoms with van der Waals surface area (Å²) in [5.74, 6) is -0.582. The SMILES string of the molecule is CC(CC(N)=O)C(=O)N1CCCCCC1. The molecule has 0 aromatic heterocycles. The van der Waals surface area contributed by atoms with E-state index in [9.17, 15) is 9.59 Å². The van der Waals surface area contributed by atoms with E-state index < -0.39 is 5.91 Å². The molecule has 86 valence electrons. The summed E-state index contributed by atoms with van der Waals surface area (Å²) < 4.78 is 0. The van der Waals surface area contributed by atoms with E-state index in [1.807, 2.05) is 4.90 Å². The van der Waals surface area contributed by atoms with Crippen molar-refractivity contribution in [2.75, 3.05) is 13.1 Å². The van der Waals surface area contributed by atoms with Crippen LogP contribution in [0.2, 0.25) is 0 Å². The fraction of sp³-hybridized carbons (Fsp3) is 0.818. The number of primary amides is 1. The number of amides is 2. The van der Waals surface area contributed by atoms with Gasteiger partial charge in [-0.05, 0) is 12.8 Å². The maximum absolute atomic E-state index is 11.9. The van der Waals surface area contributed by atoms with Gasteiger partial charge in [-0.25, -0.2) is 0 Å². The number of carbonyl (C=O) groups excluding carboxylic acids is 2. The van der Waals surface area contributed by atoms with E-state index in [1.165, 1.54) is 12.8 Å². The molecule has 2 amide bonds. The van der Waals surface area contributed by atoms with Crippen LogP contribution in [0.25, 0.3) is 0 Å². The minimum absolute atomic E-state index is 0.0794. The maximum atomic E-state index is 11.9. The summed E-state index contributed by atoms with van der Waals surface area (Å²) in [4.78, 5) is 24.5. The highest BCUT2D eigenvalue weighted by molar-refractivity contribution is 5.84. The molecular weight excluding hydrogens is 192 g/mol. The van der Waals surface area contributed by atoms with E-state index in [0.29, 0.717) is 0 Å². The monoisotopic (exact) mass is 212 g/mol. The number of hydrogen-bond acceptors (Lipinski definition) is 2. The predicted molar refractivity (Wildman–Crippen MR) is 58.0 cm³/mol. The van der Waals surface area contributed by atoms with Gasteiger partial charge in [-0.1, -0.05) is 19.8 Å². The molecule has 1 rings (SSSR count). The molecular formula is C11H20N2O2. The minimum Gasteiger partial charge on any atom is -0.370 e. The number of likely N-dealkylation sites (tertiary alicyclic amines) is 1. The van der Waals surface area contributed by atoms with Gasteiger partial charge in [-0.3, -0.25) is 9.59 Å². The first-order chi connectivity index (χ1) is 7.11. The van der Waals surface area contributed by atoms with E-state index in [1.54, 1.807) is 6.92 Å². The molecule has 15 heavy (non-hydrogen) atoms. The van der Waals surface area contributed by atoms with Crippen molar-refractivity contribution in [3.63, 3.8) is 0 Å². The zero-order chi connectivity index (χ0) is 11.3. The third kappa shape index (κ3) is 3.90. The summed E-state index contributed by atoms with van der Waals surface area (Å²) in [6, 6.07) is 0. The van der Waals surface area contributed by atoms with Crippen LogP contribution in [-0.2, 0) is 9.59 Å². The molecule has 0 saturated carbocycles. The molecule has 4 heteroatoms. The van der Waals surface area contributed by atoms with Gasteiger partial charge in [0.1, 0.15) is 0 Å². The molecule has 0 aliphatic carbocycles. The van der Waals surface area contributed by atoms with Crippen LogP contribution in [0.5, 0.6) is 0 Å². The van der Waals surface area contributed by atoms with E-state index in [-0.39, 0.29) is 18.2 Å². The lowest BCUT2D eigenvalue weighted by Crippen LogP contribution is -2.37. The molecule has 4 nitrogen and oxygen atoms in total. The van der Waals surface area contributed by atoms with E-state index in [2.05, 4.69) is 0 Å². The summed E-state index contributed by atoms with van der Waals surface area (Å²) in [6.07, 6.45) is 4.72. The Bertz CT molecular complexity index is 233. The fourth-order valence-corrected chi connectivity index (χ4v) is 1.99. The first-order valence-electron chi connectivity index (χ1n) is 5.68. The van der Waals surface area contributed by atoms with Crippen LogP contribution >= 0.6 is 0 Å². The number of hydrogen-bond donors (Lipinski definition) is 1. The molecule has 1 aliphatic rings. The van der Waals surface area contributed by atoms with Crippen molar-refractivity contribution in [1.82, 2.24) is 4.90 Å². The molecule has 0 aromatic rings. The first-order valence-corrected chi connectivity index (χ1v) is 5.68. The quantitative estimate of drug-likeness (QED) is 0.755. The van der Waals surface area contributed by atoms with Gasteiger partial charge in [0.05, 0.1) is 0 Å². The highest BCUT2D eigenvalue weighted by Crippen LogP contribution is 2.14. The summed E-state index contributed by atoms with van der Waals surface area (Å²) in [5.41, 5.74) is 5.08. The Balaban J connectivity index is 2.46. The Morgan fingerprint density at radius 1 is 1.20 bits per heavy atom. The molecule has 0 aromatic carbocycles. The summed E-state index contributed by atoms with van der Waals surface area (Å²) in [5, 5.41) is 0. The first kappa shape index (κ1) is 12.0. The largest absolute Gasteiger partial charge is 0.370 e. The lowest BCUT2D eigenvalue weighted by molar-refractivity contribution is -0.137. The van der Waals surface area contributed by atoms with Crippen molar-refractivity contribution < 1.29 is 9.59 Å². The molecule has 1 fully saturated rings. The number of carbonyl (C=O) groups is 2. The van der Waals surface area contributed by atoms with Crippen molar-refractivity contribution in [1.29, 1.82) is 0 Å². The van der Waals surface area contributed by atoms with E-state index in [0.717, 1.165) is 25.9 Å². The Morgan fingerprint density at radius 3 is 2.20 bits per heavy atom. The second-order valence-corrected chi connectivity index (χ2v) is 4.31. The van der Waals surface area contributed by atoms with E-state index in [4.69, 9.17) is 5.73 Å². The highest BCUT2D eigenvalue weighted by Gasteiger charge is 2.22. The zero-order valence-corrected chi connectivity index (χ0v) is 9.37. The lowest BCUT2D eigenvalue weighted by atomic mass is 10.1. The lowest BCUT2D eigenvalue weighted by Gasteiger charge is -2.23. The van der Waals surface area contributed by atoms with Gasteiger partial charge in [0, 0.05) is 25.4 Å². The molecule has 1 heterocycles. The summed E-state index contributed by atoms with van der Waals surface area (Å²) in [7, 11) is 0. The topological polar surface area (TPSA) is 63.4 Å². The van der Waals surface area contributed by atoms with Crippen molar-refractivity contribution in [2.45, 2.75) is 39.0 Å². The molecule has 1 aliphatic heterocycles. The van der Waals surface area contributed by atoms with Gasteiger partial charge in [0.15, 0.2) is 0 Å². The Hall–Kier alpha value is -1.06. The normalized spacial score (nSPS) is 19.4. The van der Waals surface area contributed by atoms with Gasteiger partial charge in [0.2, 0.25) is 11.8 Å². The van der Waals surface area contributed by atoms with Crippen LogP contribution in [0.4, 0.5) is 0 Å². The second kappa shape index (κ2) is 5.73. The maximum Gasteiger partial charge on any atom is 0.225 e. The van der Waals surface area contributed by atoms with Gasteiger partial charge in [-0.15, -0.1) is 0 Å². The Morgan fingerprint density at radius 2 is 1.73 bits per heavy atom. The highest BCUT2D eigenvalue weighted by atomic mass is 16.2. The Kier molecular flexibility index (Phi) is 4.59. The Labute approximate surface area is 90.8 Å². The van der Waals surface area contributed by atoms with E-state index >= 15 is 0 Å². The average Bonchev–Trinajstić information content (AvgIpc) is 2.43. The van der Waals surface area contributed by atoms with Crippen LogP contribution < -0.4 is 5.73 Å². The smallest absolute Gasteiger partial charge is 0.225 e. The van der Waals surface area contributed by atoms with Crippen LogP contribution in [-0.4, -0.2) is 29.8 Å². The third-order valence-corrected chi connectivity index (χ3v) is 2.85. The molecule has 2 N–H and O–H groups in total. The summed E-state index contributed by atoms with van der Waals surface area (Å²) >= 11 is 0. The zero-order valence-electron chi connectivity index (χ0n) is 9.37. The van der Waals surface area contributed by atoms with Gasteiger partial charge >= 0.3 is 0 Å². The van der Waals surface area contributed by atoms with Crippen molar-refractivity contribution in [2.24, 2.45) is 11.7 Å². The van der Waals surface area contributed by atoms with Crippen molar-refractivity contribution in [3.8, 4) is 0 Å². The number of nitrogens with zero attached hydrogens (tertiary/aromatic N) is 1. The number of rotatable bonds is 3. The van der Waals surface area contributed by atoms with Crippen LogP contribution in [0.1, 0.15) is 39.0 Å². The fourth-order valence-electron chi connectivity index (χ4n) is 1.99. The molecule has 1 saturated heterocycles. The van der Waals surface area contributed by atoms with Crippen LogP contribution in [0, 0.1) is 5.92 Å². The van der Waals surface area contributed by atoms with Crippen molar-refractivity contribution in [3.05, 3.63) is 0 Å². The third-order valence-electron chi connectivity index (χ3n) is 2.85. The molecule has 0 bridgehead atoms. The van der Waals surface area contributed by atoms with Gasteiger partial charge < -0.3 is 10.6 Å². The van der Waals surface area contributed by atoms with Crippen LogP contribution in [0.15, 0.2) is 0 Å². The summed E-state index contributed by atoms with van der Waals surface area (Å²) in [6.45, 7) is 3.45. The second-order valence-electron chi connectivity index (χ2n) is 4.31. The predicted octanol–water partition coefficient (Wildman–Crippen LogP) is 0.900. The van der Waals surface area contributed by atoms with Gasteiger partial charge in [0.25, 0.3) is 0 Å².